The van der Waals surface area contributed by atoms with Crippen molar-refractivity contribution in [1.82, 2.24) is 16.2 Å². The maximum Gasteiger partial charge on any atom is 0.122 e. The van der Waals surface area contributed by atoms with Crippen molar-refractivity contribution >= 4 is 0 Å². The summed E-state index contributed by atoms with van der Waals surface area (Å²) < 4.78 is 11.4. The molecule has 5 nitrogen and oxygen atoms in total. The number of para-hydroxylation sites is 1. The van der Waals surface area contributed by atoms with E-state index in [0.717, 1.165) is 36.9 Å². The van der Waals surface area contributed by atoms with Gasteiger partial charge in [-0.2, -0.15) is 0 Å². The number of piperidine rings is 1. The molecule has 2 unspecified atom stereocenters. The van der Waals surface area contributed by atoms with Gasteiger partial charge in [0.05, 0.1) is 0 Å². The van der Waals surface area contributed by atoms with E-state index in [1.54, 1.807) is 0 Å². The monoisotopic (exact) mass is 367 g/mol. The Balaban J connectivity index is 1.22. The number of hydrogen-bond donors (Lipinski definition) is 3. The normalized spacial score (nSPS) is 23.3. The number of ether oxygens (including phenoxy) is 2. The van der Waals surface area contributed by atoms with Crippen LogP contribution in [-0.4, -0.2) is 32.3 Å². The topological polar surface area (TPSA) is 54.6 Å². The van der Waals surface area contributed by atoms with Crippen molar-refractivity contribution in [2.75, 3.05) is 26.3 Å². The maximum absolute atomic E-state index is 5.79. The Hall–Kier alpha value is -2.08. The smallest absolute Gasteiger partial charge is 0.122 e. The van der Waals surface area contributed by atoms with Gasteiger partial charge in [0.2, 0.25) is 0 Å². The number of rotatable bonds is 7. The van der Waals surface area contributed by atoms with Gasteiger partial charge in [-0.15, -0.1) is 0 Å². The predicted molar refractivity (Wildman–Crippen MR) is 107 cm³/mol. The molecule has 2 aliphatic heterocycles. The molecule has 5 heteroatoms. The summed E-state index contributed by atoms with van der Waals surface area (Å²) >= 11 is 0. The molecular formula is C22H29N3O2. The molecule has 0 radical (unpaired) electrons. The molecule has 2 aromatic rings. The first kappa shape index (κ1) is 18.3. The fraction of sp³-hybridized carbons (Fsp3) is 0.455. The highest BCUT2D eigenvalue weighted by Crippen LogP contribution is 2.30. The quantitative estimate of drug-likeness (QED) is 0.657. The highest BCUT2D eigenvalue weighted by atomic mass is 16.5. The molecule has 0 spiro atoms. The molecule has 144 valence electrons. The van der Waals surface area contributed by atoms with Crippen molar-refractivity contribution < 1.29 is 9.47 Å². The molecule has 2 heterocycles. The van der Waals surface area contributed by atoms with Crippen LogP contribution in [0.4, 0.5) is 0 Å². The summed E-state index contributed by atoms with van der Waals surface area (Å²) in [6.45, 7) is 3.37. The molecule has 3 N–H and O–H groups in total. The minimum atomic E-state index is 0.375. The number of nitrogens with one attached hydrogen (secondary N) is 3. The molecule has 0 saturated carbocycles. The first-order valence-corrected chi connectivity index (χ1v) is 10.0. The molecule has 2 saturated heterocycles. The van der Waals surface area contributed by atoms with E-state index in [9.17, 15) is 0 Å². The molecule has 2 atom stereocenters. The van der Waals surface area contributed by atoms with Crippen molar-refractivity contribution in [3.8, 4) is 11.5 Å². The van der Waals surface area contributed by atoms with Crippen molar-refractivity contribution in [2.24, 2.45) is 5.92 Å². The van der Waals surface area contributed by atoms with Crippen LogP contribution in [0.15, 0.2) is 54.6 Å². The lowest BCUT2D eigenvalue weighted by Crippen LogP contribution is -2.41. The number of hydrazine groups is 1. The van der Waals surface area contributed by atoms with E-state index in [1.165, 1.54) is 18.4 Å². The fourth-order valence-electron chi connectivity index (χ4n) is 3.99. The zero-order valence-electron chi connectivity index (χ0n) is 15.7. The summed E-state index contributed by atoms with van der Waals surface area (Å²) in [4.78, 5) is 0. The van der Waals surface area contributed by atoms with Crippen LogP contribution in [0.5, 0.6) is 11.5 Å². The Morgan fingerprint density at radius 3 is 2.15 bits per heavy atom. The lowest BCUT2D eigenvalue weighted by molar-refractivity contribution is 0.217. The van der Waals surface area contributed by atoms with Crippen molar-refractivity contribution in [1.29, 1.82) is 0 Å². The molecule has 0 bridgehead atoms. The van der Waals surface area contributed by atoms with Crippen LogP contribution in [0.1, 0.15) is 30.9 Å². The third-order valence-corrected chi connectivity index (χ3v) is 5.53. The second-order valence-corrected chi connectivity index (χ2v) is 7.35. The van der Waals surface area contributed by atoms with Crippen LogP contribution in [0.2, 0.25) is 0 Å². The average molecular weight is 367 g/mol. The molecule has 2 fully saturated rings. The average Bonchev–Trinajstić information content (AvgIpc) is 3.23. The molecule has 2 aliphatic rings. The van der Waals surface area contributed by atoms with Crippen molar-refractivity contribution in [3.05, 3.63) is 60.2 Å². The molecule has 0 aliphatic carbocycles. The zero-order chi connectivity index (χ0) is 18.3. The van der Waals surface area contributed by atoms with Crippen LogP contribution < -0.4 is 25.6 Å². The Morgan fingerprint density at radius 2 is 1.44 bits per heavy atom. The van der Waals surface area contributed by atoms with E-state index in [1.807, 2.05) is 30.3 Å². The number of benzene rings is 2. The summed E-state index contributed by atoms with van der Waals surface area (Å²) in [5.74, 6) is 2.53. The van der Waals surface area contributed by atoms with Gasteiger partial charge in [0.15, 0.2) is 0 Å². The highest BCUT2D eigenvalue weighted by Gasteiger charge is 2.31. The second kappa shape index (κ2) is 9.22. The standard InChI is InChI=1S/C22H29N3O2/c1-2-4-19(5-3-1)26-14-15-27-20-8-6-17(7-9-20)21-16-22(25-24-21)18-10-12-23-13-11-18/h1-9,18,21-25H,10-16H2. The summed E-state index contributed by atoms with van der Waals surface area (Å²) in [7, 11) is 0. The van der Waals surface area contributed by atoms with Crippen LogP contribution in [0.25, 0.3) is 0 Å². The second-order valence-electron chi connectivity index (χ2n) is 7.35. The number of hydrogen-bond acceptors (Lipinski definition) is 5. The maximum atomic E-state index is 5.79. The van der Waals surface area contributed by atoms with Gasteiger partial charge in [-0.25, -0.2) is 0 Å². The Kier molecular flexibility index (Phi) is 6.25. The van der Waals surface area contributed by atoms with E-state index >= 15 is 0 Å². The lowest BCUT2D eigenvalue weighted by Gasteiger charge is -2.27. The van der Waals surface area contributed by atoms with E-state index in [4.69, 9.17) is 9.47 Å². The first-order valence-electron chi connectivity index (χ1n) is 10.0. The minimum absolute atomic E-state index is 0.375. The van der Waals surface area contributed by atoms with E-state index in [2.05, 4.69) is 40.4 Å². The molecule has 27 heavy (non-hydrogen) atoms. The van der Waals surface area contributed by atoms with Gasteiger partial charge in [0, 0.05) is 12.1 Å². The van der Waals surface area contributed by atoms with Gasteiger partial charge in [0.25, 0.3) is 0 Å². The summed E-state index contributed by atoms with van der Waals surface area (Å²) in [5, 5.41) is 3.45. The summed E-state index contributed by atoms with van der Waals surface area (Å²) in [6, 6.07) is 19.2. The fourth-order valence-corrected chi connectivity index (χ4v) is 3.99. The largest absolute Gasteiger partial charge is 0.490 e. The van der Waals surface area contributed by atoms with E-state index < -0.39 is 0 Å². The SMILES string of the molecule is c1ccc(OCCOc2ccc(C3CC(C4CCNCC4)NN3)cc2)cc1. The Bertz CT molecular complexity index is 686. The molecule has 0 amide bonds. The molecule has 0 aromatic heterocycles. The van der Waals surface area contributed by atoms with Crippen LogP contribution >= 0.6 is 0 Å². The zero-order valence-corrected chi connectivity index (χ0v) is 15.7. The van der Waals surface area contributed by atoms with Crippen LogP contribution in [0, 0.1) is 5.92 Å². The Morgan fingerprint density at radius 1 is 0.778 bits per heavy atom. The molecule has 4 rings (SSSR count). The third-order valence-electron chi connectivity index (χ3n) is 5.53. The van der Waals surface area contributed by atoms with Crippen molar-refractivity contribution in [3.63, 3.8) is 0 Å². The van der Waals surface area contributed by atoms with Gasteiger partial charge in [0.1, 0.15) is 24.7 Å². The van der Waals surface area contributed by atoms with Gasteiger partial charge >= 0.3 is 0 Å². The summed E-state index contributed by atoms with van der Waals surface area (Å²) in [5.41, 5.74) is 8.31. The first-order chi connectivity index (χ1) is 13.4. The van der Waals surface area contributed by atoms with Gasteiger partial charge < -0.3 is 14.8 Å². The molecular weight excluding hydrogens is 338 g/mol. The Labute approximate surface area is 161 Å². The van der Waals surface area contributed by atoms with E-state index in [-0.39, 0.29) is 0 Å². The van der Waals surface area contributed by atoms with Gasteiger partial charge in [-0.05, 0) is 68.1 Å². The highest BCUT2D eigenvalue weighted by molar-refractivity contribution is 5.30. The van der Waals surface area contributed by atoms with Crippen LogP contribution in [0.3, 0.4) is 0 Å². The third kappa shape index (κ3) is 5.01. The van der Waals surface area contributed by atoms with Crippen molar-refractivity contribution in [2.45, 2.75) is 31.3 Å². The van der Waals surface area contributed by atoms with E-state index in [0.29, 0.717) is 25.3 Å². The summed E-state index contributed by atoms with van der Waals surface area (Å²) in [6.07, 6.45) is 3.68. The molecule has 2 aromatic carbocycles. The van der Waals surface area contributed by atoms with Gasteiger partial charge in [-0.1, -0.05) is 30.3 Å². The van der Waals surface area contributed by atoms with Crippen LogP contribution in [-0.2, 0) is 0 Å². The minimum Gasteiger partial charge on any atom is -0.490 e. The predicted octanol–water partition coefficient (Wildman–Crippen LogP) is 3.05. The lowest BCUT2D eigenvalue weighted by atomic mass is 9.87. The van der Waals surface area contributed by atoms with Gasteiger partial charge in [-0.3, -0.25) is 10.9 Å².